The summed E-state index contributed by atoms with van der Waals surface area (Å²) < 4.78 is 7.54. The fourth-order valence-corrected chi connectivity index (χ4v) is 3.55. The molecule has 7 nitrogen and oxygen atoms in total. The van der Waals surface area contributed by atoms with E-state index in [1.54, 1.807) is 11.8 Å². The average molecular weight is 369 g/mol. The number of amides is 1. The second kappa shape index (κ2) is 7.15. The second-order valence-electron chi connectivity index (χ2n) is 7.41. The molecule has 0 radical (unpaired) electrons. The van der Waals surface area contributed by atoms with Crippen molar-refractivity contribution in [3.63, 3.8) is 0 Å². The number of aromatic amines is 1. The first-order chi connectivity index (χ1) is 13.0. The Balaban J connectivity index is 1.54. The molecule has 4 rings (SSSR count). The Morgan fingerprint density at radius 3 is 2.63 bits per heavy atom. The van der Waals surface area contributed by atoms with E-state index in [0.29, 0.717) is 24.6 Å². The topological polar surface area (TPSA) is 84.4 Å². The summed E-state index contributed by atoms with van der Waals surface area (Å²) in [5.41, 5.74) is 0.471. The summed E-state index contributed by atoms with van der Waals surface area (Å²) in [6, 6.07) is 9.91. The van der Waals surface area contributed by atoms with Crippen LogP contribution >= 0.6 is 0 Å². The van der Waals surface area contributed by atoms with Crippen molar-refractivity contribution in [2.45, 2.75) is 38.5 Å². The molecule has 0 bridgehead atoms. The smallest absolute Gasteiger partial charge is 0.328 e. The van der Waals surface area contributed by atoms with Crippen LogP contribution in [0.15, 0.2) is 46.1 Å². The van der Waals surface area contributed by atoms with Gasteiger partial charge in [0.15, 0.2) is 0 Å². The van der Waals surface area contributed by atoms with E-state index in [-0.39, 0.29) is 24.7 Å². The molecule has 1 aliphatic carbocycles. The second-order valence-corrected chi connectivity index (χ2v) is 7.41. The van der Waals surface area contributed by atoms with Crippen molar-refractivity contribution in [1.29, 1.82) is 0 Å². The summed E-state index contributed by atoms with van der Waals surface area (Å²) in [7, 11) is 0. The number of hydrogen-bond donors (Lipinski definition) is 1. The fraction of sp³-hybridized carbons (Fsp3) is 0.450. The molecule has 142 valence electrons. The summed E-state index contributed by atoms with van der Waals surface area (Å²) in [6.07, 6.45) is 3.57. The van der Waals surface area contributed by atoms with Crippen molar-refractivity contribution in [3.05, 3.63) is 68.5 Å². The number of aromatic nitrogens is 2. The summed E-state index contributed by atoms with van der Waals surface area (Å²) in [4.78, 5) is 40.4. The third-order valence-electron chi connectivity index (χ3n) is 5.29. The van der Waals surface area contributed by atoms with E-state index >= 15 is 0 Å². The minimum absolute atomic E-state index is 0.0296. The molecule has 1 amide bonds. The summed E-state index contributed by atoms with van der Waals surface area (Å²) in [6.45, 7) is 2.53. The number of ether oxygens (including phenoxy) is 1. The van der Waals surface area contributed by atoms with Crippen LogP contribution in [0.5, 0.6) is 0 Å². The third-order valence-corrected chi connectivity index (χ3v) is 5.29. The minimum Gasteiger partial charge on any atom is -0.366 e. The predicted molar refractivity (Wildman–Crippen MR) is 99.4 cm³/mol. The van der Waals surface area contributed by atoms with Crippen LogP contribution in [0.2, 0.25) is 0 Å². The molecular weight excluding hydrogens is 346 g/mol. The molecule has 7 heteroatoms. The van der Waals surface area contributed by atoms with Gasteiger partial charge in [-0.1, -0.05) is 30.3 Å². The first-order valence-electron chi connectivity index (χ1n) is 9.30. The normalized spacial score (nSPS) is 22.6. The number of carbonyl (C=O) groups is 1. The lowest BCUT2D eigenvalue weighted by Crippen LogP contribution is -2.49. The van der Waals surface area contributed by atoms with Crippen LogP contribution in [0.1, 0.15) is 30.1 Å². The maximum absolute atomic E-state index is 12.9. The van der Waals surface area contributed by atoms with Gasteiger partial charge in [0.05, 0.1) is 12.6 Å². The standard InChI is InChI=1S/C20H23N3O4/c1-13-9-23(20(26)21-19(13)25)12-18(24)22-10-16(14-5-3-2-4-6-14)27-17(11-22)15-7-8-15/h2-6,9,15-17H,7-8,10-12H2,1H3,(H,21,25,26)/t16-,17+/m0/s1. The predicted octanol–water partition coefficient (Wildman–Crippen LogP) is 1.22. The highest BCUT2D eigenvalue weighted by molar-refractivity contribution is 5.76. The zero-order chi connectivity index (χ0) is 19.0. The summed E-state index contributed by atoms with van der Waals surface area (Å²) in [5, 5.41) is 0. The zero-order valence-electron chi connectivity index (χ0n) is 15.3. The van der Waals surface area contributed by atoms with Gasteiger partial charge in [-0.15, -0.1) is 0 Å². The molecule has 0 spiro atoms. The number of hydrogen-bond acceptors (Lipinski definition) is 4. The van der Waals surface area contributed by atoms with Gasteiger partial charge in [0, 0.05) is 18.3 Å². The van der Waals surface area contributed by atoms with Crippen LogP contribution in [-0.4, -0.2) is 39.6 Å². The molecule has 1 N–H and O–H groups in total. The fourth-order valence-electron chi connectivity index (χ4n) is 3.55. The number of rotatable bonds is 4. The first kappa shape index (κ1) is 17.7. The van der Waals surface area contributed by atoms with Crippen molar-refractivity contribution < 1.29 is 9.53 Å². The van der Waals surface area contributed by atoms with E-state index in [4.69, 9.17) is 4.74 Å². The molecule has 1 aromatic heterocycles. The molecule has 0 unspecified atom stereocenters. The highest BCUT2D eigenvalue weighted by Gasteiger charge is 2.40. The van der Waals surface area contributed by atoms with Crippen LogP contribution in [0.25, 0.3) is 0 Å². The van der Waals surface area contributed by atoms with Crippen LogP contribution in [0.3, 0.4) is 0 Å². The highest BCUT2D eigenvalue weighted by atomic mass is 16.5. The molecule has 2 aliphatic rings. The van der Waals surface area contributed by atoms with Gasteiger partial charge < -0.3 is 9.64 Å². The van der Waals surface area contributed by atoms with Gasteiger partial charge in [-0.25, -0.2) is 4.79 Å². The average Bonchev–Trinajstić information content (AvgIpc) is 3.52. The molecule has 2 atom stereocenters. The number of benzene rings is 1. The Morgan fingerprint density at radius 2 is 1.93 bits per heavy atom. The number of aryl methyl sites for hydroxylation is 1. The van der Waals surface area contributed by atoms with Gasteiger partial charge in [0.25, 0.3) is 5.56 Å². The van der Waals surface area contributed by atoms with Crippen LogP contribution in [0, 0.1) is 12.8 Å². The lowest BCUT2D eigenvalue weighted by Gasteiger charge is -2.38. The molecule has 2 fully saturated rings. The number of H-pyrrole nitrogens is 1. The first-order valence-corrected chi connectivity index (χ1v) is 9.30. The monoisotopic (exact) mass is 369 g/mol. The molecule has 1 aromatic carbocycles. The number of carbonyl (C=O) groups excluding carboxylic acids is 1. The SMILES string of the molecule is Cc1cn(CC(=O)N2C[C@@H](c3ccccc3)O[C@@H](C3CC3)C2)c(=O)[nH]c1=O. The quantitative estimate of drug-likeness (QED) is 0.878. The molecule has 1 aliphatic heterocycles. The van der Waals surface area contributed by atoms with Crippen molar-refractivity contribution in [2.24, 2.45) is 5.92 Å². The van der Waals surface area contributed by atoms with Crippen molar-refractivity contribution >= 4 is 5.91 Å². The van der Waals surface area contributed by atoms with E-state index in [1.807, 2.05) is 30.3 Å². The van der Waals surface area contributed by atoms with Crippen LogP contribution in [0.4, 0.5) is 0 Å². The number of nitrogens with one attached hydrogen (secondary N) is 1. The lowest BCUT2D eigenvalue weighted by molar-refractivity contribution is -0.148. The Bertz CT molecular complexity index is 946. The van der Waals surface area contributed by atoms with Crippen molar-refractivity contribution in [3.8, 4) is 0 Å². The van der Waals surface area contributed by atoms with E-state index in [2.05, 4.69) is 4.98 Å². The minimum atomic E-state index is -0.564. The van der Waals surface area contributed by atoms with Crippen molar-refractivity contribution in [1.82, 2.24) is 14.5 Å². The van der Waals surface area contributed by atoms with Gasteiger partial charge in [-0.3, -0.25) is 19.1 Å². The summed E-state index contributed by atoms with van der Waals surface area (Å²) in [5.74, 6) is 0.364. The molecular formula is C20H23N3O4. The molecule has 1 saturated carbocycles. The largest absolute Gasteiger partial charge is 0.366 e. The molecule has 27 heavy (non-hydrogen) atoms. The Morgan fingerprint density at radius 1 is 1.19 bits per heavy atom. The van der Waals surface area contributed by atoms with Crippen LogP contribution < -0.4 is 11.2 Å². The molecule has 2 aromatic rings. The number of nitrogens with zero attached hydrogens (tertiary/aromatic N) is 2. The van der Waals surface area contributed by atoms with Crippen LogP contribution in [-0.2, 0) is 16.1 Å². The highest BCUT2D eigenvalue weighted by Crippen LogP contribution is 2.39. The van der Waals surface area contributed by atoms with E-state index in [0.717, 1.165) is 18.4 Å². The van der Waals surface area contributed by atoms with Gasteiger partial charge in [-0.05, 0) is 31.2 Å². The third kappa shape index (κ3) is 3.88. The maximum Gasteiger partial charge on any atom is 0.328 e. The Labute approximate surface area is 156 Å². The zero-order valence-corrected chi connectivity index (χ0v) is 15.3. The Hall–Kier alpha value is -2.67. The summed E-state index contributed by atoms with van der Waals surface area (Å²) >= 11 is 0. The van der Waals surface area contributed by atoms with Crippen molar-refractivity contribution in [2.75, 3.05) is 13.1 Å². The van der Waals surface area contributed by atoms with E-state index in [1.165, 1.54) is 10.8 Å². The number of morpholine rings is 1. The molecule has 2 heterocycles. The maximum atomic E-state index is 12.9. The van der Waals surface area contributed by atoms with E-state index < -0.39 is 11.2 Å². The van der Waals surface area contributed by atoms with Gasteiger partial charge >= 0.3 is 5.69 Å². The van der Waals surface area contributed by atoms with Gasteiger partial charge in [0.1, 0.15) is 12.6 Å². The van der Waals surface area contributed by atoms with Gasteiger partial charge in [0.2, 0.25) is 5.91 Å². The lowest BCUT2D eigenvalue weighted by atomic mass is 10.0. The van der Waals surface area contributed by atoms with E-state index in [9.17, 15) is 14.4 Å². The molecule has 1 saturated heterocycles. The Kier molecular flexibility index (Phi) is 4.70. The van der Waals surface area contributed by atoms with Gasteiger partial charge in [-0.2, -0.15) is 0 Å².